The number of aliphatic hydroxyl groups excluding tert-OH is 1. The number of hydrogen-bond acceptors (Lipinski definition) is 3. The summed E-state index contributed by atoms with van der Waals surface area (Å²) < 4.78 is 37.2. The normalized spacial score (nSPS) is 12.1. The van der Waals surface area contributed by atoms with Crippen LogP contribution in [0.3, 0.4) is 0 Å². The molecule has 0 unspecified atom stereocenters. The summed E-state index contributed by atoms with van der Waals surface area (Å²) in [7, 11) is 0. The molecule has 0 aliphatic heterocycles. The highest BCUT2D eigenvalue weighted by atomic mass is 19.4. The van der Waals surface area contributed by atoms with Gasteiger partial charge in [0.1, 0.15) is 0 Å². The molecule has 0 aromatic carbocycles. The minimum absolute atomic E-state index is 0.111. The van der Waals surface area contributed by atoms with Gasteiger partial charge >= 0.3 is 6.18 Å². The van der Waals surface area contributed by atoms with E-state index in [0.29, 0.717) is 6.42 Å². The summed E-state index contributed by atoms with van der Waals surface area (Å²) in [5, 5.41) is 8.71. The van der Waals surface area contributed by atoms with E-state index in [0.717, 1.165) is 11.3 Å². The van der Waals surface area contributed by atoms with Crippen LogP contribution in [0.5, 0.6) is 0 Å². The number of aromatic nitrogens is 1. The van der Waals surface area contributed by atoms with Crippen molar-refractivity contribution in [1.29, 1.82) is 0 Å². The SMILES string of the molecule is Cc1ncccc1CN(CCCO)CC(F)(F)F. The van der Waals surface area contributed by atoms with Crippen molar-refractivity contribution in [1.82, 2.24) is 9.88 Å². The predicted octanol–water partition coefficient (Wildman–Crippen LogP) is 2.14. The number of nitrogens with zero attached hydrogens (tertiary/aromatic N) is 2. The Kier molecular flexibility index (Phi) is 5.55. The van der Waals surface area contributed by atoms with Crippen molar-refractivity contribution in [3.8, 4) is 0 Å². The largest absolute Gasteiger partial charge is 0.401 e. The van der Waals surface area contributed by atoms with E-state index in [9.17, 15) is 13.2 Å². The maximum absolute atomic E-state index is 12.4. The lowest BCUT2D eigenvalue weighted by molar-refractivity contribution is -0.147. The second-order valence-corrected chi connectivity index (χ2v) is 4.15. The van der Waals surface area contributed by atoms with Crippen LogP contribution in [0.2, 0.25) is 0 Å². The average molecular weight is 262 g/mol. The summed E-state index contributed by atoms with van der Waals surface area (Å²) in [6.07, 6.45) is -2.29. The number of aryl methyl sites for hydroxylation is 1. The lowest BCUT2D eigenvalue weighted by Crippen LogP contribution is -2.35. The standard InChI is InChI=1S/C12H17F3N2O/c1-10-11(4-2-5-16-10)8-17(6-3-7-18)9-12(13,14)15/h2,4-5,18H,3,6-9H2,1H3. The molecule has 18 heavy (non-hydrogen) atoms. The molecule has 1 heterocycles. The molecule has 1 N–H and O–H groups in total. The van der Waals surface area contributed by atoms with Gasteiger partial charge in [0.05, 0.1) is 6.54 Å². The zero-order valence-electron chi connectivity index (χ0n) is 10.2. The van der Waals surface area contributed by atoms with Gasteiger partial charge in [0, 0.05) is 31.6 Å². The Morgan fingerprint density at radius 2 is 2.11 bits per heavy atom. The fraction of sp³-hybridized carbons (Fsp3) is 0.583. The molecule has 0 spiro atoms. The van der Waals surface area contributed by atoms with Crippen molar-refractivity contribution in [2.75, 3.05) is 19.7 Å². The molecule has 0 aliphatic carbocycles. The maximum atomic E-state index is 12.4. The molecule has 102 valence electrons. The molecule has 1 rings (SSSR count). The van der Waals surface area contributed by atoms with E-state index >= 15 is 0 Å². The number of alkyl halides is 3. The summed E-state index contributed by atoms with van der Waals surface area (Å²) in [6.45, 7) is 1.10. The highest BCUT2D eigenvalue weighted by Crippen LogP contribution is 2.18. The van der Waals surface area contributed by atoms with Gasteiger partial charge in [0.15, 0.2) is 0 Å². The molecule has 0 amide bonds. The number of halogens is 3. The van der Waals surface area contributed by atoms with Gasteiger partial charge in [-0.1, -0.05) is 6.07 Å². The summed E-state index contributed by atoms with van der Waals surface area (Å²) in [4.78, 5) is 5.33. The molecule has 3 nitrogen and oxygen atoms in total. The van der Waals surface area contributed by atoms with E-state index < -0.39 is 12.7 Å². The third kappa shape index (κ3) is 5.46. The molecule has 0 saturated heterocycles. The van der Waals surface area contributed by atoms with Gasteiger partial charge in [0.2, 0.25) is 0 Å². The van der Waals surface area contributed by atoms with Crippen LogP contribution in [0.15, 0.2) is 18.3 Å². The second-order valence-electron chi connectivity index (χ2n) is 4.15. The van der Waals surface area contributed by atoms with Gasteiger partial charge in [-0.05, 0) is 25.0 Å². The third-order valence-corrected chi connectivity index (χ3v) is 2.55. The van der Waals surface area contributed by atoms with Crippen LogP contribution in [0.1, 0.15) is 17.7 Å². The maximum Gasteiger partial charge on any atom is 0.401 e. The monoisotopic (exact) mass is 262 g/mol. The molecule has 1 aromatic heterocycles. The minimum atomic E-state index is -4.23. The van der Waals surface area contributed by atoms with Crippen LogP contribution in [0, 0.1) is 6.92 Å². The second kappa shape index (κ2) is 6.70. The van der Waals surface area contributed by atoms with Gasteiger partial charge in [-0.15, -0.1) is 0 Å². The molecule has 6 heteroatoms. The highest BCUT2D eigenvalue weighted by Gasteiger charge is 2.30. The van der Waals surface area contributed by atoms with Gasteiger partial charge in [-0.2, -0.15) is 13.2 Å². The van der Waals surface area contributed by atoms with E-state index in [-0.39, 0.29) is 19.7 Å². The van der Waals surface area contributed by atoms with Gasteiger partial charge in [0.25, 0.3) is 0 Å². The first-order valence-electron chi connectivity index (χ1n) is 5.73. The first-order chi connectivity index (χ1) is 8.42. The quantitative estimate of drug-likeness (QED) is 0.853. The molecular weight excluding hydrogens is 245 g/mol. The molecule has 1 aromatic rings. The van der Waals surface area contributed by atoms with E-state index in [1.807, 2.05) is 0 Å². The van der Waals surface area contributed by atoms with Crippen molar-refractivity contribution in [2.24, 2.45) is 0 Å². The van der Waals surface area contributed by atoms with Crippen molar-refractivity contribution >= 4 is 0 Å². The molecule has 0 fully saturated rings. The number of pyridine rings is 1. The summed E-state index contributed by atoms with van der Waals surface area (Å²) in [5.74, 6) is 0. The summed E-state index contributed by atoms with van der Waals surface area (Å²) in [6, 6.07) is 3.48. The Morgan fingerprint density at radius 1 is 1.39 bits per heavy atom. The Balaban J connectivity index is 2.69. The van der Waals surface area contributed by atoms with Crippen LogP contribution >= 0.6 is 0 Å². The van der Waals surface area contributed by atoms with E-state index in [1.54, 1.807) is 25.3 Å². The van der Waals surface area contributed by atoms with Crippen LogP contribution in [-0.2, 0) is 6.54 Å². The van der Waals surface area contributed by atoms with Gasteiger partial charge in [-0.25, -0.2) is 0 Å². The first-order valence-corrected chi connectivity index (χ1v) is 5.73. The van der Waals surface area contributed by atoms with Crippen LogP contribution in [0.4, 0.5) is 13.2 Å². The molecular formula is C12H17F3N2O. The predicted molar refractivity (Wildman–Crippen MR) is 62.0 cm³/mol. The third-order valence-electron chi connectivity index (χ3n) is 2.55. The number of hydrogen-bond donors (Lipinski definition) is 1. The summed E-state index contributed by atoms with van der Waals surface area (Å²) in [5.41, 5.74) is 1.51. The zero-order chi connectivity index (χ0) is 13.6. The van der Waals surface area contributed by atoms with Gasteiger partial charge < -0.3 is 5.11 Å². The summed E-state index contributed by atoms with van der Waals surface area (Å²) >= 11 is 0. The molecule has 0 atom stereocenters. The average Bonchev–Trinajstić information content (AvgIpc) is 2.27. The van der Waals surface area contributed by atoms with E-state index in [1.165, 1.54) is 4.90 Å². The minimum Gasteiger partial charge on any atom is -0.396 e. The molecule has 0 aliphatic rings. The van der Waals surface area contributed by atoms with Crippen molar-refractivity contribution in [3.05, 3.63) is 29.6 Å². The number of rotatable bonds is 6. The lowest BCUT2D eigenvalue weighted by Gasteiger charge is -2.23. The van der Waals surface area contributed by atoms with Gasteiger partial charge in [-0.3, -0.25) is 9.88 Å². The highest BCUT2D eigenvalue weighted by molar-refractivity contribution is 5.18. The van der Waals surface area contributed by atoms with Crippen LogP contribution < -0.4 is 0 Å². The van der Waals surface area contributed by atoms with Crippen LogP contribution in [-0.4, -0.2) is 40.9 Å². The molecule has 0 radical (unpaired) electrons. The van der Waals surface area contributed by atoms with Crippen LogP contribution in [0.25, 0.3) is 0 Å². The Bertz CT molecular complexity index is 369. The number of aliphatic hydroxyl groups is 1. The molecule has 0 bridgehead atoms. The Hall–Kier alpha value is -1.14. The fourth-order valence-corrected chi connectivity index (χ4v) is 1.69. The topological polar surface area (TPSA) is 36.4 Å². The first kappa shape index (κ1) is 14.9. The zero-order valence-corrected chi connectivity index (χ0v) is 10.2. The van der Waals surface area contributed by atoms with Crippen molar-refractivity contribution < 1.29 is 18.3 Å². The fourth-order valence-electron chi connectivity index (χ4n) is 1.69. The van der Waals surface area contributed by atoms with E-state index in [4.69, 9.17) is 5.11 Å². The van der Waals surface area contributed by atoms with Crippen molar-refractivity contribution in [2.45, 2.75) is 26.1 Å². The van der Waals surface area contributed by atoms with E-state index in [2.05, 4.69) is 4.98 Å². The molecule has 0 saturated carbocycles. The van der Waals surface area contributed by atoms with Crippen molar-refractivity contribution in [3.63, 3.8) is 0 Å². The Morgan fingerprint density at radius 3 is 2.67 bits per heavy atom. The lowest BCUT2D eigenvalue weighted by atomic mass is 10.2. The Labute approximate surface area is 104 Å². The smallest absolute Gasteiger partial charge is 0.396 e.